The SMILES string of the molecule is COc1cccc(NC(=O)N2CC(Oc3nccs3)C2)c1. The second kappa shape index (κ2) is 6.01. The van der Waals surface area contributed by atoms with Crippen molar-refractivity contribution in [3.8, 4) is 10.9 Å². The van der Waals surface area contributed by atoms with Gasteiger partial charge in [0.1, 0.15) is 11.9 Å². The predicted molar refractivity (Wildman–Crippen MR) is 80.1 cm³/mol. The summed E-state index contributed by atoms with van der Waals surface area (Å²) in [7, 11) is 1.59. The molecule has 0 unspecified atom stereocenters. The lowest BCUT2D eigenvalue weighted by molar-refractivity contribution is 0.0491. The maximum Gasteiger partial charge on any atom is 0.322 e. The number of carbonyl (C=O) groups excluding carboxylic acids is 1. The Morgan fingerprint density at radius 2 is 2.33 bits per heavy atom. The van der Waals surface area contributed by atoms with Crippen molar-refractivity contribution in [2.75, 3.05) is 25.5 Å². The number of urea groups is 1. The summed E-state index contributed by atoms with van der Waals surface area (Å²) in [4.78, 5) is 17.8. The van der Waals surface area contributed by atoms with Crippen LogP contribution in [-0.4, -0.2) is 42.2 Å². The molecule has 0 bridgehead atoms. The molecule has 1 aromatic heterocycles. The first-order valence-electron chi connectivity index (χ1n) is 6.51. The van der Waals surface area contributed by atoms with Crippen molar-refractivity contribution in [3.63, 3.8) is 0 Å². The first kappa shape index (κ1) is 13.7. The highest BCUT2D eigenvalue weighted by Crippen LogP contribution is 2.22. The molecule has 3 rings (SSSR count). The van der Waals surface area contributed by atoms with E-state index in [1.165, 1.54) is 11.3 Å². The lowest BCUT2D eigenvalue weighted by Gasteiger charge is -2.38. The van der Waals surface area contributed by atoms with Gasteiger partial charge in [-0.25, -0.2) is 9.78 Å². The van der Waals surface area contributed by atoms with Crippen molar-refractivity contribution < 1.29 is 14.3 Å². The molecule has 7 heteroatoms. The van der Waals surface area contributed by atoms with E-state index in [1.807, 2.05) is 23.6 Å². The molecular formula is C14H15N3O3S. The van der Waals surface area contributed by atoms with Crippen LogP contribution in [0.2, 0.25) is 0 Å². The maximum atomic E-state index is 12.0. The Balaban J connectivity index is 1.49. The normalized spacial score (nSPS) is 14.4. The smallest absolute Gasteiger partial charge is 0.322 e. The fourth-order valence-corrected chi connectivity index (χ4v) is 2.54. The van der Waals surface area contributed by atoms with Gasteiger partial charge in [0.05, 0.1) is 20.2 Å². The van der Waals surface area contributed by atoms with E-state index < -0.39 is 0 Å². The quantitative estimate of drug-likeness (QED) is 0.942. The van der Waals surface area contributed by atoms with E-state index >= 15 is 0 Å². The number of likely N-dealkylation sites (tertiary alicyclic amines) is 1. The van der Waals surface area contributed by atoms with E-state index in [-0.39, 0.29) is 12.1 Å². The Morgan fingerprint density at radius 1 is 1.48 bits per heavy atom. The highest BCUT2D eigenvalue weighted by Gasteiger charge is 2.32. The van der Waals surface area contributed by atoms with Gasteiger partial charge >= 0.3 is 6.03 Å². The molecule has 2 amide bonds. The van der Waals surface area contributed by atoms with E-state index in [0.717, 1.165) is 0 Å². The lowest BCUT2D eigenvalue weighted by atomic mass is 10.2. The number of aromatic nitrogens is 1. The van der Waals surface area contributed by atoms with Crippen molar-refractivity contribution >= 4 is 23.1 Å². The first-order chi connectivity index (χ1) is 10.2. The molecule has 0 atom stereocenters. The lowest BCUT2D eigenvalue weighted by Crippen LogP contribution is -2.57. The summed E-state index contributed by atoms with van der Waals surface area (Å²) >= 11 is 1.45. The first-order valence-corrected chi connectivity index (χ1v) is 7.38. The van der Waals surface area contributed by atoms with Crippen LogP contribution < -0.4 is 14.8 Å². The molecule has 1 aliphatic heterocycles. The van der Waals surface area contributed by atoms with Gasteiger partial charge in [0.25, 0.3) is 5.19 Å². The molecule has 0 radical (unpaired) electrons. The number of rotatable bonds is 4. The van der Waals surface area contributed by atoms with Gasteiger partial charge in [-0.15, -0.1) is 0 Å². The average molecular weight is 305 g/mol. The second-order valence-corrected chi connectivity index (χ2v) is 5.46. The van der Waals surface area contributed by atoms with E-state index in [0.29, 0.717) is 29.7 Å². The van der Waals surface area contributed by atoms with Gasteiger partial charge in [-0.1, -0.05) is 17.4 Å². The number of hydrogen-bond acceptors (Lipinski definition) is 5. The largest absolute Gasteiger partial charge is 0.497 e. The predicted octanol–water partition coefficient (Wildman–Crippen LogP) is 2.45. The van der Waals surface area contributed by atoms with Crippen molar-refractivity contribution in [1.82, 2.24) is 9.88 Å². The molecule has 110 valence electrons. The molecule has 0 aliphatic carbocycles. The van der Waals surface area contributed by atoms with Gasteiger partial charge in [-0.05, 0) is 12.1 Å². The standard InChI is InChI=1S/C14H15N3O3S/c1-19-11-4-2-3-10(7-11)16-13(18)17-8-12(9-17)20-14-15-5-6-21-14/h2-7,12H,8-9H2,1H3,(H,16,18). The maximum absolute atomic E-state index is 12.0. The van der Waals surface area contributed by atoms with Crippen molar-refractivity contribution in [2.24, 2.45) is 0 Å². The van der Waals surface area contributed by atoms with E-state index in [4.69, 9.17) is 9.47 Å². The minimum Gasteiger partial charge on any atom is -0.497 e. The Hall–Kier alpha value is -2.28. The number of nitrogens with zero attached hydrogens (tertiary/aromatic N) is 2. The molecule has 6 nitrogen and oxygen atoms in total. The highest BCUT2D eigenvalue weighted by atomic mass is 32.1. The van der Waals surface area contributed by atoms with E-state index in [1.54, 1.807) is 24.3 Å². The van der Waals surface area contributed by atoms with Gasteiger partial charge in [0.15, 0.2) is 0 Å². The zero-order valence-corrected chi connectivity index (χ0v) is 12.3. The molecule has 1 aliphatic rings. The summed E-state index contributed by atoms with van der Waals surface area (Å²) in [5.41, 5.74) is 0.712. The summed E-state index contributed by atoms with van der Waals surface area (Å²) in [5, 5.41) is 5.34. The number of thiazole rings is 1. The summed E-state index contributed by atoms with van der Waals surface area (Å²) in [6, 6.07) is 7.13. The molecule has 1 fully saturated rings. The number of amides is 2. The molecule has 21 heavy (non-hydrogen) atoms. The third-order valence-electron chi connectivity index (χ3n) is 3.13. The molecule has 1 saturated heterocycles. The minimum atomic E-state index is -0.137. The molecule has 2 aromatic rings. The summed E-state index contributed by atoms with van der Waals surface area (Å²) in [6.07, 6.45) is 1.72. The number of ether oxygens (including phenoxy) is 2. The van der Waals surface area contributed by atoms with Crippen LogP contribution in [-0.2, 0) is 0 Å². The Kier molecular flexibility index (Phi) is 3.92. The van der Waals surface area contributed by atoms with Gasteiger partial charge < -0.3 is 19.7 Å². The molecule has 2 heterocycles. The van der Waals surface area contributed by atoms with E-state index in [2.05, 4.69) is 10.3 Å². The zero-order chi connectivity index (χ0) is 14.7. The van der Waals surface area contributed by atoms with Crippen LogP contribution in [0.15, 0.2) is 35.8 Å². The fourth-order valence-electron chi connectivity index (χ4n) is 1.99. The van der Waals surface area contributed by atoms with Crippen LogP contribution in [0.3, 0.4) is 0 Å². The average Bonchev–Trinajstić information content (AvgIpc) is 2.95. The summed E-state index contributed by atoms with van der Waals surface area (Å²) in [5.74, 6) is 0.710. The third kappa shape index (κ3) is 3.25. The number of benzene rings is 1. The number of anilines is 1. The Morgan fingerprint density at radius 3 is 3.05 bits per heavy atom. The number of hydrogen-bond donors (Lipinski definition) is 1. The van der Waals surface area contributed by atoms with Gasteiger partial charge in [0.2, 0.25) is 0 Å². The highest BCUT2D eigenvalue weighted by molar-refractivity contribution is 7.11. The second-order valence-electron chi connectivity index (χ2n) is 4.60. The fraction of sp³-hybridized carbons (Fsp3) is 0.286. The summed E-state index contributed by atoms with van der Waals surface area (Å²) < 4.78 is 10.7. The van der Waals surface area contributed by atoms with Crippen LogP contribution in [0.4, 0.5) is 10.5 Å². The molecule has 1 N–H and O–H groups in total. The van der Waals surface area contributed by atoms with E-state index in [9.17, 15) is 4.79 Å². The number of carbonyl (C=O) groups is 1. The van der Waals surface area contributed by atoms with Gasteiger partial charge in [-0.2, -0.15) is 0 Å². The van der Waals surface area contributed by atoms with Crippen molar-refractivity contribution in [1.29, 1.82) is 0 Å². The molecule has 0 spiro atoms. The Labute approximate surface area is 126 Å². The van der Waals surface area contributed by atoms with Gasteiger partial charge in [-0.3, -0.25) is 0 Å². The molecule has 0 saturated carbocycles. The number of nitrogens with one attached hydrogen (secondary N) is 1. The van der Waals surface area contributed by atoms with Crippen molar-refractivity contribution in [2.45, 2.75) is 6.10 Å². The summed E-state index contributed by atoms with van der Waals surface area (Å²) in [6.45, 7) is 1.13. The van der Waals surface area contributed by atoms with Crippen LogP contribution in [0.25, 0.3) is 0 Å². The van der Waals surface area contributed by atoms with Crippen LogP contribution in [0, 0.1) is 0 Å². The molecule has 1 aromatic carbocycles. The van der Waals surface area contributed by atoms with Gasteiger partial charge in [0, 0.05) is 23.3 Å². The monoisotopic (exact) mass is 305 g/mol. The molecular weight excluding hydrogens is 290 g/mol. The minimum absolute atomic E-state index is 0.0206. The topological polar surface area (TPSA) is 63.7 Å². The number of methoxy groups -OCH3 is 1. The van der Waals surface area contributed by atoms with Crippen molar-refractivity contribution in [3.05, 3.63) is 35.8 Å². The third-order valence-corrected chi connectivity index (χ3v) is 3.79. The zero-order valence-electron chi connectivity index (χ0n) is 11.5. The Bertz CT molecular complexity index is 612. The van der Waals surface area contributed by atoms with Crippen LogP contribution >= 0.6 is 11.3 Å². The van der Waals surface area contributed by atoms with Crippen LogP contribution in [0.1, 0.15) is 0 Å². The van der Waals surface area contributed by atoms with Crippen LogP contribution in [0.5, 0.6) is 10.9 Å².